The highest BCUT2D eigenvalue weighted by atomic mass is 35.5. The van der Waals surface area contributed by atoms with Crippen LogP contribution in [0, 0.1) is 0 Å². The fraction of sp³-hybridized carbons (Fsp3) is 0.0769. The van der Waals surface area contributed by atoms with Gasteiger partial charge in [-0.2, -0.15) is 0 Å². The molecule has 0 radical (unpaired) electrons. The van der Waals surface area contributed by atoms with Crippen molar-refractivity contribution in [2.24, 2.45) is 0 Å². The maximum absolute atomic E-state index is 6.02. The van der Waals surface area contributed by atoms with Crippen LogP contribution >= 0.6 is 23.2 Å². The summed E-state index contributed by atoms with van der Waals surface area (Å²) in [5.74, 6) is 1.47. The first-order valence-electron chi connectivity index (χ1n) is 5.17. The number of halogens is 2. The van der Waals surface area contributed by atoms with Crippen molar-refractivity contribution in [3.63, 3.8) is 0 Å². The monoisotopic (exact) mass is 283 g/mol. The van der Waals surface area contributed by atoms with Gasteiger partial charge < -0.3 is 15.2 Å². The Bertz CT molecular complexity index is 573. The third kappa shape index (κ3) is 2.63. The van der Waals surface area contributed by atoms with E-state index in [1.807, 2.05) is 0 Å². The Hall–Kier alpha value is -1.58. The molecule has 0 amide bonds. The minimum absolute atomic E-state index is 0.413. The summed E-state index contributed by atoms with van der Waals surface area (Å²) in [6.45, 7) is 0. The molecule has 0 fully saturated rings. The molecule has 0 aliphatic heterocycles. The number of nitrogen functional groups attached to an aromatic ring is 1. The molecule has 2 aromatic rings. The Morgan fingerprint density at radius 1 is 1.00 bits per heavy atom. The molecule has 0 aliphatic rings. The van der Waals surface area contributed by atoms with Crippen LogP contribution in [0.5, 0.6) is 17.2 Å². The molecule has 0 aromatic heterocycles. The second-order valence-electron chi connectivity index (χ2n) is 3.55. The van der Waals surface area contributed by atoms with E-state index in [4.69, 9.17) is 38.4 Å². The summed E-state index contributed by atoms with van der Waals surface area (Å²) >= 11 is 11.9. The highest BCUT2D eigenvalue weighted by Crippen LogP contribution is 2.37. The molecule has 0 aliphatic carbocycles. The summed E-state index contributed by atoms with van der Waals surface area (Å²) in [7, 11) is 1.54. The summed E-state index contributed by atoms with van der Waals surface area (Å²) < 4.78 is 10.8. The highest BCUT2D eigenvalue weighted by Gasteiger charge is 2.09. The zero-order valence-corrected chi connectivity index (χ0v) is 11.1. The van der Waals surface area contributed by atoms with Crippen molar-refractivity contribution < 1.29 is 9.47 Å². The van der Waals surface area contributed by atoms with Gasteiger partial charge in [0.15, 0.2) is 5.75 Å². The van der Waals surface area contributed by atoms with Gasteiger partial charge in [-0.25, -0.2) is 0 Å². The Kier molecular flexibility index (Phi) is 3.84. The van der Waals surface area contributed by atoms with Crippen LogP contribution in [0.15, 0.2) is 36.4 Å². The van der Waals surface area contributed by atoms with Crippen molar-refractivity contribution in [3.8, 4) is 17.2 Å². The zero-order valence-electron chi connectivity index (χ0n) is 9.61. The average molecular weight is 284 g/mol. The van der Waals surface area contributed by atoms with Crippen LogP contribution in [-0.2, 0) is 0 Å². The SMILES string of the molecule is COc1cccc(Oc2cc(Cl)ccc2Cl)c1N. The molecule has 0 heterocycles. The van der Waals surface area contributed by atoms with Crippen molar-refractivity contribution in [3.05, 3.63) is 46.4 Å². The maximum Gasteiger partial charge on any atom is 0.154 e. The van der Waals surface area contributed by atoms with E-state index in [1.165, 1.54) is 0 Å². The molecular formula is C13H11Cl2NO2. The molecule has 0 saturated heterocycles. The largest absolute Gasteiger partial charge is 0.494 e. The Labute approximate surface area is 115 Å². The van der Waals surface area contributed by atoms with E-state index in [-0.39, 0.29) is 0 Å². The first kappa shape index (κ1) is 12.9. The molecule has 18 heavy (non-hydrogen) atoms. The number of benzene rings is 2. The number of nitrogens with two attached hydrogens (primary N) is 1. The van der Waals surface area contributed by atoms with Gasteiger partial charge in [-0.1, -0.05) is 29.3 Å². The molecule has 0 bridgehead atoms. The van der Waals surface area contributed by atoms with Crippen LogP contribution in [0.1, 0.15) is 0 Å². The van der Waals surface area contributed by atoms with E-state index in [0.29, 0.717) is 33.0 Å². The van der Waals surface area contributed by atoms with Gasteiger partial charge in [0.1, 0.15) is 17.2 Å². The van der Waals surface area contributed by atoms with E-state index in [2.05, 4.69) is 0 Å². The summed E-state index contributed by atoms with van der Waals surface area (Å²) in [5, 5.41) is 0.998. The maximum atomic E-state index is 6.02. The molecule has 2 aromatic carbocycles. The van der Waals surface area contributed by atoms with Gasteiger partial charge in [-0.15, -0.1) is 0 Å². The van der Waals surface area contributed by atoms with E-state index in [0.717, 1.165) is 0 Å². The zero-order chi connectivity index (χ0) is 13.1. The fourth-order valence-corrected chi connectivity index (χ4v) is 1.78. The molecule has 3 nitrogen and oxygen atoms in total. The third-order valence-corrected chi connectivity index (χ3v) is 2.91. The number of rotatable bonds is 3. The van der Waals surface area contributed by atoms with Crippen molar-refractivity contribution in [1.82, 2.24) is 0 Å². The molecule has 0 atom stereocenters. The van der Waals surface area contributed by atoms with Crippen LogP contribution in [0.2, 0.25) is 10.0 Å². The van der Waals surface area contributed by atoms with Crippen molar-refractivity contribution in [2.75, 3.05) is 12.8 Å². The van der Waals surface area contributed by atoms with E-state index < -0.39 is 0 Å². The molecule has 0 spiro atoms. The van der Waals surface area contributed by atoms with E-state index in [1.54, 1.807) is 43.5 Å². The van der Waals surface area contributed by atoms with Crippen molar-refractivity contribution >= 4 is 28.9 Å². The number of hydrogen-bond donors (Lipinski definition) is 1. The van der Waals surface area contributed by atoms with Gasteiger partial charge in [-0.05, 0) is 24.3 Å². The number of hydrogen-bond acceptors (Lipinski definition) is 3. The standard InChI is InChI=1S/C13H11Cl2NO2/c1-17-10-3-2-4-11(13(10)16)18-12-7-8(14)5-6-9(12)15/h2-7H,16H2,1H3. The van der Waals surface area contributed by atoms with Crippen LogP contribution in [0.4, 0.5) is 5.69 Å². The lowest BCUT2D eigenvalue weighted by Crippen LogP contribution is -1.96. The number of ether oxygens (including phenoxy) is 2. The molecular weight excluding hydrogens is 273 g/mol. The quantitative estimate of drug-likeness (QED) is 0.851. The highest BCUT2D eigenvalue weighted by molar-refractivity contribution is 6.34. The summed E-state index contributed by atoms with van der Waals surface area (Å²) in [4.78, 5) is 0. The first-order chi connectivity index (χ1) is 8.61. The Balaban J connectivity index is 2.37. The third-order valence-electron chi connectivity index (χ3n) is 2.36. The van der Waals surface area contributed by atoms with Gasteiger partial charge in [0.25, 0.3) is 0 Å². The van der Waals surface area contributed by atoms with Crippen LogP contribution in [-0.4, -0.2) is 7.11 Å². The fourth-order valence-electron chi connectivity index (χ4n) is 1.46. The first-order valence-corrected chi connectivity index (χ1v) is 5.93. The normalized spacial score (nSPS) is 10.2. The lowest BCUT2D eigenvalue weighted by Gasteiger charge is -2.12. The lowest BCUT2D eigenvalue weighted by atomic mass is 10.2. The smallest absolute Gasteiger partial charge is 0.154 e. The molecule has 0 saturated carbocycles. The average Bonchev–Trinajstić information content (AvgIpc) is 2.36. The lowest BCUT2D eigenvalue weighted by molar-refractivity contribution is 0.412. The number of anilines is 1. The number of para-hydroxylation sites is 1. The summed E-state index contributed by atoms with van der Waals surface area (Å²) in [6, 6.07) is 10.2. The van der Waals surface area contributed by atoms with Gasteiger partial charge in [-0.3, -0.25) is 0 Å². The van der Waals surface area contributed by atoms with E-state index in [9.17, 15) is 0 Å². The second kappa shape index (κ2) is 5.38. The van der Waals surface area contributed by atoms with Crippen LogP contribution < -0.4 is 15.2 Å². The van der Waals surface area contributed by atoms with Crippen molar-refractivity contribution in [2.45, 2.75) is 0 Å². The summed E-state index contributed by atoms with van der Waals surface area (Å²) in [6.07, 6.45) is 0. The van der Waals surface area contributed by atoms with Gasteiger partial charge >= 0.3 is 0 Å². The minimum atomic E-state index is 0.413. The topological polar surface area (TPSA) is 44.5 Å². The molecule has 2 rings (SSSR count). The predicted octanol–water partition coefficient (Wildman–Crippen LogP) is 4.38. The molecule has 2 N–H and O–H groups in total. The van der Waals surface area contributed by atoms with Gasteiger partial charge in [0, 0.05) is 11.1 Å². The molecule has 5 heteroatoms. The Morgan fingerprint density at radius 2 is 1.72 bits per heavy atom. The predicted molar refractivity (Wildman–Crippen MR) is 73.9 cm³/mol. The minimum Gasteiger partial charge on any atom is -0.494 e. The molecule has 94 valence electrons. The summed E-state index contributed by atoms with van der Waals surface area (Å²) in [5.41, 5.74) is 6.32. The van der Waals surface area contributed by atoms with Gasteiger partial charge in [0.05, 0.1) is 12.1 Å². The van der Waals surface area contributed by atoms with Crippen LogP contribution in [0.25, 0.3) is 0 Å². The van der Waals surface area contributed by atoms with Gasteiger partial charge in [0.2, 0.25) is 0 Å². The van der Waals surface area contributed by atoms with E-state index >= 15 is 0 Å². The molecule has 0 unspecified atom stereocenters. The number of methoxy groups -OCH3 is 1. The second-order valence-corrected chi connectivity index (χ2v) is 4.39. The Morgan fingerprint density at radius 3 is 2.44 bits per heavy atom. The van der Waals surface area contributed by atoms with Crippen molar-refractivity contribution in [1.29, 1.82) is 0 Å². The van der Waals surface area contributed by atoms with Crippen LogP contribution in [0.3, 0.4) is 0 Å².